The molecular weight excluding hydrogens is 232 g/mol. The van der Waals surface area contributed by atoms with Gasteiger partial charge in [-0.25, -0.2) is 5.84 Å². The molecule has 0 atom stereocenters. The summed E-state index contributed by atoms with van der Waals surface area (Å²) < 4.78 is 5.50. The molecule has 0 unspecified atom stereocenters. The zero-order valence-corrected chi connectivity index (χ0v) is 11.3. The Kier molecular flexibility index (Phi) is 6.13. The number of nitrogens with one attached hydrogen (secondary N) is 1. The molecule has 0 saturated carbocycles. The molecule has 0 aromatic carbocycles. The van der Waals surface area contributed by atoms with E-state index >= 15 is 0 Å². The van der Waals surface area contributed by atoms with Crippen molar-refractivity contribution < 1.29 is 4.74 Å². The minimum atomic E-state index is 0.303. The normalized spacial score (nSPS) is 10.2. The van der Waals surface area contributed by atoms with Crippen LogP contribution < -0.4 is 20.9 Å². The molecule has 0 aliphatic carbocycles. The molecule has 0 bridgehead atoms. The fourth-order valence-electron chi connectivity index (χ4n) is 1.37. The number of anilines is 2. The van der Waals surface area contributed by atoms with Crippen molar-refractivity contribution in [1.82, 2.24) is 15.0 Å². The number of rotatable bonds is 8. The number of hydrogen-bond acceptors (Lipinski definition) is 7. The maximum Gasteiger partial charge on any atom is 0.323 e. The number of nitrogens with two attached hydrogens (primary N) is 1. The average Bonchev–Trinajstić information content (AvgIpc) is 2.38. The zero-order valence-electron chi connectivity index (χ0n) is 11.3. The van der Waals surface area contributed by atoms with Gasteiger partial charge in [0, 0.05) is 14.1 Å². The molecule has 0 spiro atoms. The lowest BCUT2D eigenvalue weighted by molar-refractivity contribution is 0.281. The predicted octanol–water partition coefficient (Wildman–Crippen LogP) is 1.18. The minimum absolute atomic E-state index is 0.303. The second-order valence-electron chi connectivity index (χ2n) is 4.19. The summed E-state index contributed by atoms with van der Waals surface area (Å²) in [4.78, 5) is 14.1. The van der Waals surface area contributed by atoms with Gasteiger partial charge in [-0.05, 0) is 6.42 Å². The van der Waals surface area contributed by atoms with Crippen LogP contribution in [0, 0.1) is 0 Å². The van der Waals surface area contributed by atoms with Gasteiger partial charge >= 0.3 is 6.01 Å². The van der Waals surface area contributed by atoms with Crippen molar-refractivity contribution in [3.8, 4) is 6.01 Å². The molecule has 1 rings (SSSR count). The standard InChI is InChI=1S/C11H22N6O/c1-4-5-6-7-8-18-11-14-9(16-12)13-10(15-11)17(2)3/h4-8,12H2,1-3H3,(H,13,14,15,16). The topological polar surface area (TPSA) is 89.2 Å². The lowest BCUT2D eigenvalue weighted by Crippen LogP contribution is -2.18. The smallest absolute Gasteiger partial charge is 0.323 e. The van der Waals surface area contributed by atoms with Crippen LogP contribution in [0.15, 0.2) is 0 Å². The van der Waals surface area contributed by atoms with Crippen LogP contribution in [-0.2, 0) is 0 Å². The van der Waals surface area contributed by atoms with E-state index in [0.717, 1.165) is 12.8 Å². The molecule has 0 saturated heterocycles. The number of nitrogens with zero attached hydrogens (tertiary/aromatic N) is 4. The molecule has 1 heterocycles. The SMILES string of the molecule is CCCCCCOc1nc(NN)nc(N(C)C)n1. The lowest BCUT2D eigenvalue weighted by atomic mass is 10.2. The molecule has 7 nitrogen and oxygen atoms in total. The molecule has 0 aliphatic heterocycles. The molecule has 0 amide bonds. The lowest BCUT2D eigenvalue weighted by Gasteiger charge is -2.12. The van der Waals surface area contributed by atoms with E-state index in [9.17, 15) is 0 Å². The maximum absolute atomic E-state index is 5.50. The van der Waals surface area contributed by atoms with Gasteiger partial charge in [0.25, 0.3) is 0 Å². The van der Waals surface area contributed by atoms with Crippen LogP contribution in [0.1, 0.15) is 32.6 Å². The molecular formula is C11H22N6O. The maximum atomic E-state index is 5.50. The van der Waals surface area contributed by atoms with E-state index in [0.29, 0.717) is 24.5 Å². The Labute approximate surface area is 108 Å². The van der Waals surface area contributed by atoms with E-state index < -0.39 is 0 Å². The molecule has 0 aliphatic rings. The quantitative estimate of drug-likeness (QED) is 0.409. The van der Waals surface area contributed by atoms with Crippen molar-refractivity contribution in [2.75, 3.05) is 31.0 Å². The zero-order chi connectivity index (χ0) is 13.4. The van der Waals surface area contributed by atoms with E-state index in [2.05, 4.69) is 27.3 Å². The summed E-state index contributed by atoms with van der Waals surface area (Å²) in [5.41, 5.74) is 2.40. The van der Waals surface area contributed by atoms with Crippen LogP contribution in [0.3, 0.4) is 0 Å². The summed E-state index contributed by atoms with van der Waals surface area (Å²) in [7, 11) is 3.70. The second kappa shape index (κ2) is 7.65. The van der Waals surface area contributed by atoms with E-state index in [1.807, 2.05) is 14.1 Å². The van der Waals surface area contributed by atoms with Crippen molar-refractivity contribution in [1.29, 1.82) is 0 Å². The summed E-state index contributed by atoms with van der Waals surface area (Å²) in [5.74, 6) is 6.12. The molecule has 3 N–H and O–H groups in total. The number of nitrogen functional groups attached to an aromatic ring is 1. The Morgan fingerprint density at radius 2 is 1.94 bits per heavy atom. The van der Waals surface area contributed by atoms with Crippen LogP contribution in [-0.4, -0.2) is 35.7 Å². The first kappa shape index (κ1) is 14.4. The third-order valence-corrected chi connectivity index (χ3v) is 2.36. The molecule has 1 aromatic rings. The molecule has 1 aromatic heterocycles. The number of unbranched alkanes of at least 4 members (excludes halogenated alkanes) is 3. The van der Waals surface area contributed by atoms with Gasteiger partial charge in [-0.2, -0.15) is 15.0 Å². The summed E-state index contributed by atoms with van der Waals surface area (Å²) in [5, 5.41) is 0. The van der Waals surface area contributed by atoms with Crippen molar-refractivity contribution in [3.05, 3.63) is 0 Å². The van der Waals surface area contributed by atoms with Gasteiger partial charge in [-0.1, -0.05) is 26.2 Å². The summed E-state index contributed by atoms with van der Waals surface area (Å²) >= 11 is 0. The molecule has 0 radical (unpaired) electrons. The van der Waals surface area contributed by atoms with E-state index in [-0.39, 0.29) is 0 Å². The van der Waals surface area contributed by atoms with Crippen molar-refractivity contribution in [3.63, 3.8) is 0 Å². The highest BCUT2D eigenvalue weighted by atomic mass is 16.5. The van der Waals surface area contributed by atoms with Crippen molar-refractivity contribution in [2.45, 2.75) is 32.6 Å². The van der Waals surface area contributed by atoms with Gasteiger partial charge in [-0.3, -0.25) is 5.43 Å². The first-order chi connectivity index (χ1) is 8.67. The predicted molar refractivity (Wildman–Crippen MR) is 71.6 cm³/mol. The van der Waals surface area contributed by atoms with Gasteiger partial charge < -0.3 is 9.64 Å². The second-order valence-corrected chi connectivity index (χ2v) is 4.19. The number of hydrazine groups is 1. The molecule has 18 heavy (non-hydrogen) atoms. The largest absolute Gasteiger partial charge is 0.463 e. The number of ether oxygens (including phenoxy) is 1. The summed E-state index contributed by atoms with van der Waals surface area (Å²) in [6.07, 6.45) is 4.59. The minimum Gasteiger partial charge on any atom is -0.463 e. The highest BCUT2D eigenvalue weighted by Crippen LogP contribution is 2.12. The van der Waals surface area contributed by atoms with Crippen LogP contribution in [0.25, 0.3) is 0 Å². The van der Waals surface area contributed by atoms with Crippen molar-refractivity contribution in [2.24, 2.45) is 5.84 Å². The van der Waals surface area contributed by atoms with E-state index in [4.69, 9.17) is 10.6 Å². The Bertz CT molecular complexity index is 357. The highest BCUT2D eigenvalue weighted by Gasteiger charge is 2.08. The van der Waals surface area contributed by atoms with Crippen LogP contribution in [0.2, 0.25) is 0 Å². The number of aromatic nitrogens is 3. The third-order valence-electron chi connectivity index (χ3n) is 2.36. The van der Waals surface area contributed by atoms with Gasteiger partial charge in [0.1, 0.15) is 0 Å². The fraction of sp³-hybridized carbons (Fsp3) is 0.727. The number of hydrogen-bond donors (Lipinski definition) is 2. The summed E-state index contributed by atoms with van der Waals surface area (Å²) in [6.45, 7) is 2.79. The van der Waals surface area contributed by atoms with Crippen LogP contribution in [0.5, 0.6) is 6.01 Å². The molecule has 0 fully saturated rings. The third kappa shape index (κ3) is 4.70. The Balaban J connectivity index is 2.56. The highest BCUT2D eigenvalue weighted by molar-refractivity contribution is 5.35. The molecule has 7 heteroatoms. The fourth-order valence-corrected chi connectivity index (χ4v) is 1.37. The van der Waals surface area contributed by atoms with Gasteiger partial charge in [0.15, 0.2) is 0 Å². The summed E-state index contributed by atoms with van der Waals surface area (Å²) in [6, 6.07) is 0.304. The average molecular weight is 254 g/mol. The van der Waals surface area contributed by atoms with Crippen molar-refractivity contribution >= 4 is 11.9 Å². The first-order valence-electron chi connectivity index (χ1n) is 6.20. The van der Waals surface area contributed by atoms with E-state index in [1.165, 1.54) is 12.8 Å². The Morgan fingerprint density at radius 1 is 1.17 bits per heavy atom. The van der Waals surface area contributed by atoms with Gasteiger partial charge in [-0.15, -0.1) is 0 Å². The Morgan fingerprint density at radius 3 is 2.56 bits per heavy atom. The monoisotopic (exact) mass is 254 g/mol. The van der Waals surface area contributed by atoms with Crippen LogP contribution >= 0.6 is 0 Å². The molecule has 102 valence electrons. The van der Waals surface area contributed by atoms with Gasteiger partial charge in [0.2, 0.25) is 11.9 Å². The first-order valence-corrected chi connectivity index (χ1v) is 6.20. The van der Waals surface area contributed by atoms with E-state index in [1.54, 1.807) is 4.90 Å². The van der Waals surface area contributed by atoms with Crippen LogP contribution in [0.4, 0.5) is 11.9 Å². The van der Waals surface area contributed by atoms with Gasteiger partial charge in [0.05, 0.1) is 6.61 Å². The Hall–Kier alpha value is -1.63.